The molecule has 1 aliphatic heterocycles. The minimum atomic E-state index is -0.360. The zero-order valence-electron chi connectivity index (χ0n) is 8.99. The van der Waals surface area contributed by atoms with Crippen molar-refractivity contribution in [3.05, 3.63) is 17.5 Å². The van der Waals surface area contributed by atoms with E-state index in [1.165, 1.54) is 0 Å². The molecule has 0 aromatic carbocycles. The molecule has 0 spiro atoms. The van der Waals surface area contributed by atoms with Crippen LogP contribution in [-0.4, -0.2) is 41.4 Å². The van der Waals surface area contributed by atoms with Gasteiger partial charge in [0, 0.05) is 26.3 Å². The highest BCUT2D eigenvalue weighted by atomic mass is 16.5. The van der Waals surface area contributed by atoms with E-state index in [2.05, 4.69) is 10.4 Å². The smallest absolute Gasteiger partial charge is 0.196 e. The second kappa shape index (κ2) is 4.12. The van der Waals surface area contributed by atoms with Crippen LogP contribution in [0.5, 0.6) is 0 Å². The van der Waals surface area contributed by atoms with Crippen molar-refractivity contribution in [1.82, 2.24) is 15.1 Å². The summed E-state index contributed by atoms with van der Waals surface area (Å²) in [5, 5.41) is 7.29. The van der Waals surface area contributed by atoms with E-state index in [-0.39, 0.29) is 11.9 Å². The first-order chi connectivity index (χ1) is 7.18. The zero-order valence-corrected chi connectivity index (χ0v) is 8.99. The number of hydrogen-bond donors (Lipinski definition) is 1. The predicted octanol–water partition coefficient (Wildman–Crippen LogP) is -0.100. The van der Waals surface area contributed by atoms with Gasteiger partial charge in [-0.3, -0.25) is 9.48 Å². The average Bonchev–Trinajstić information content (AvgIpc) is 2.58. The van der Waals surface area contributed by atoms with Gasteiger partial charge in [0.25, 0.3) is 0 Å². The summed E-state index contributed by atoms with van der Waals surface area (Å²) in [5.74, 6) is 0.0211. The van der Waals surface area contributed by atoms with Crippen LogP contribution in [-0.2, 0) is 11.8 Å². The topological polar surface area (TPSA) is 56.2 Å². The maximum atomic E-state index is 12.0. The number of morpholine rings is 1. The Kier molecular flexibility index (Phi) is 2.83. The minimum absolute atomic E-state index is 0.0211. The molecule has 1 fully saturated rings. The van der Waals surface area contributed by atoms with Crippen LogP contribution in [0, 0.1) is 6.92 Å². The predicted molar refractivity (Wildman–Crippen MR) is 54.9 cm³/mol. The Morgan fingerprint density at radius 3 is 3.07 bits per heavy atom. The molecule has 1 N–H and O–H groups in total. The molecule has 5 nitrogen and oxygen atoms in total. The van der Waals surface area contributed by atoms with Crippen LogP contribution < -0.4 is 5.32 Å². The number of nitrogens with one attached hydrogen (secondary N) is 1. The van der Waals surface area contributed by atoms with Crippen LogP contribution in [0.25, 0.3) is 0 Å². The molecule has 0 radical (unpaired) electrons. The summed E-state index contributed by atoms with van der Waals surface area (Å²) in [5.41, 5.74) is 1.42. The van der Waals surface area contributed by atoms with E-state index in [0.717, 1.165) is 12.2 Å². The second-order valence-electron chi connectivity index (χ2n) is 3.73. The Morgan fingerprint density at radius 2 is 2.53 bits per heavy atom. The van der Waals surface area contributed by atoms with Gasteiger partial charge in [0.15, 0.2) is 5.78 Å². The quantitative estimate of drug-likeness (QED) is 0.691. The van der Waals surface area contributed by atoms with Gasteiger partial charge in [0.2, 0.25) is 0 Å². The maximum absolute atomic E-state index is 12.0. The van der Waals surface area contributed by atoms with Crippen LogP contribution >= 0.6 is 0 Å². The van der Waals surface area contributed by atoms with Crippen molar-refractivity contribution < 1.29 is 9.53 Å². The van der Waals surface area contributed by atoms with Crippen molar-refractivity contribution in [3.63, 3.8) is 0 Å². The molecular formula is C10H15N3O2. The summed E-state index contributed by atoms with van der Waals surface area (Å²) in [7, 11) is 1.81. The molecule has 0 saturated carbocycles. The number of aromatic nitrogens is 2. The fourth-order valence-electron chi connectivity index (χ4n) is 1.75. The Bertz CT molecular complexity index is 367. The van der Waals surface area contributed by atoms with Crippen LogP contribution in [0.4, 0.5) is 0 Å². The third-order valence-electron chi connectivity index (χ3n) is 2.50. The van der Waals surface area contributed by atoms with Gasteiger partial charge >= 0.3 is 0 Å². The lowest BCUT2D eigenvalue weighted by Gasteiger charge is -2.22. The molecule has 1 aliphatic rings. The van der Waals surface area contributed by atoms with Crippen LogP contribution in [0.15, 0.2) is 6.20 Å². The van der Waals surface area contributed by atoms with Crippen molar-refractivity contribution in [2.24, 2.45) is 7.05 Å². The normalized spacial score (nSPS) is 21.6. The third-order valence-corrected chi connectivity index (χ3v) is 2.50. The molecule has 82 valence electrons. The average molecular weight is 209 g/mol. The Labute approximate surface area is 88.4 Å². The van der Waals surface area contributed by atoms with Gasteiger partial charge in [-0.15, -0.1) is 0 Å². The fourth-order valence-corrected chi connectivity index (χ4v) is 1.75. The van der Waals surface area contributed by atoms with E-state index >= 15 is 0 Å². The molecule has 1 unspecified atom stereocenters. The summed E-state index contributed by atoms with van der Waals surface area (Å²) < 4.78 is 7.06. The first-order valence-corrected chi connectivity index (χ1v) is 5.05. The molecule has 0 amide bonds. The first-order valence-electron chi connectivity index (χ1n) is 5.05. The lowest BCUT2D eigenvalue weighted by atomic mass is 10.1. The van der Waals surface area contributed by atoms with Gasteiger partial charge in [-0.1, -0.05) is 0 Å². The minimum Gasteiger partial charge on any atom is -0.367 e. The number of nitrogens with zero attached hydrogens (tertiary/aromatic N) is 2. The largest absolute Gasteiger partial charge is 0.367 e. The monoisotopic (exact) mass is 209 g/mol. The highest BCUT2D eigenvalue weighted by Crippen LogP contribution is 2.11. The number of carbonyl (C=O) groups excluding carboxylic acids is 1. The Hall–Kier alpha value is -1.20. The lowest BCUT2D eigenvalue weighted by molar-refractivity contribution is 0.0269. The summed E-state index contributed by atoms with van der Waals surface area (Å²) in [4.78, 5) is 12.0. The van der Waals surface area contributed by atoms with E-state index in [4.69, 9.17) is 4.74 Å². The molecule has 0 bridgehead atoms. The summed E-state index contributed by atoms with van der Waals surface area (Å²) in [6.07, 6.45) is 1.39. The maximum Gasteiger partial charge on any atom is 0.196 e. The van der Waals surface area contributed by atoms with E-state index in [1.807, 2.05) is 14.0 Å². The van der Waals surface area contributed by atoms with E-state index < -0.39 is 0 Å². The molecule has 2 rings (SSSR count). The number of carbonyl (C=O) groups is 1. The molecule has 1 aromatic heterocycles. The summed E-state index contributed by atoms with van der Waals surface area (Å²) in [6, 6.07) is 0. The molecule has 5 heteroatoms. The number of hydrogen-bond acceptors (Lipinski definition) is 4. The second-order valence-corrected chi connectivity index (χ2v) is 3.73. The van der Waals surface area contributed by atoms with Gasteiger partial charge in [-0.2, -0.15) is 5.10 Å². The Morgan fingerprint density at radius 1 is 1.73 bits per heavy atom. The third kappa shape index (κ3) is 2.08. The summed E-state index contributed by atoms with van der Waals surface area (Å²) in [6.45, 7) is 3.84. The summed E-state index contributed by atoms with van der Waals surface area (Å²) >= 11 is 0. The van der Waals surface area contributed by atoms with Gasteiger partial charge in [0.05, 0.1) is 17.9 Å². The van der Waals surface area contributed by atoms with Crippen molar-refractivity contribution in [2.75, 3.05) is 19.7 Å². The van der Waals surface area contributed by atoms with Crippen molar-refractivity contribution in [2.45, 2.75) is 13.0 Å². The molecule has 1 atom stereocenters. The SMILES string of the molecule is Cc1nn(C)cc1C(=O)C1CNCCO1. The highest BCUT2D eigenvalue weighted by molar-refractivity contribution is 6.00. The fraction of sp³-hybridized carbons (Fsp3) is 0.600. The number of ketones is 1. The first kappa shape index (κ1) is 10.3. The van der Waals surface area contributed by atoms with Gasteiger partial charge < -0.3 is 10.1 Å². The number of ether oxygens (including phenoxy) is 1. The van der Waals surface area contributed by atoms with Gasteiger partial charge in [0.1, 0.15) is 6.10 Å². The molecule has 1 aromatic rings. The van der Waals surface area contributed by atoms with Crippen LogP contribution in [0.1, 0.15) is 16.1 Å². The molecule has 0 aliphatic carbocycles. The van der Waals surface area contributed by atoms with Crippen molar-refractivity contribution in [3.8, 4) is 0 Å². The van der Waals surface area contributed by atoms with Gasteiger partial charge in [-0.05, 0) is 6.92 Å². The lowest BCUT2D eigenvalue weighted by Crippen LogP contribution is -2.43. The standard InChI is InChI=1S/C10H15N3O2/c1-7-8(6-13(2)12-7)10(14)9-5-11-3-4-15-9/h6,9,11H,3-5H2,1-2H3. The molecule has 1 saturated heterocycles. The molecule has 15 heavy (non-hydrogen) atoms. The highest BCUT2D eigenvalue weighted by Gasteiger charge is 2.25. The van der Waals surface area contributed by atoms with Crippen LogP contribution in [0.2, 0.25) is 0 Å². The van der Waals surface area contributed by atoms with Crippen molar-refractivity contribution in [1.29, 1.82) is 0 Å². The Balaban J connectivity index is 2.16. The number of Topliss-reactive ketones (excluding diaryl/α,β-unsaturated/α-hetero) is 1. The van der Waals surface area contributed by atoms with Crippen LogP contribution in [0.3, 0.4) is 0 Å². The zero-order chi connectivity index (χ0) is 10.8. The van der Waals surface area contributed by atoms with E-state index in [0.29, 0.717) is 18.7 Å². The number of rotatable bonds is 2. The number of aryl methyl sites for hydroxylation is 2. The molecular weight excluding hydrogens is 194 g/mol. The van der Waals surface area contributed by atoms with E-state index in [9.17, 15) is 4.79 Å². The molecule has 2 heterocycles. The van der Waals surface area contributed by atoms with Crippen molar-refractivity contribution >= 4 is 5.78 Å². The van der Waals surface area contributed by atoms with E-state index in [1.54, 1.807) is 10.9 Å². The van der Waals surface area contributed by atoms with Gasteiger partial charge in [-0.25, -0.2) is 0 Å².